The van der Waals surface area contributed by atoms with Crippen LogP contribution in [-0.4, -0.2) is 54.1 Å². The molecule has 1 saturated heterocycles. The van der Waals surface area contributed by atoms with Crippen molar-refractivity contribution in [1.82, 2.24) is 14.9 Å². The van der Waals surface area contributed by atoms with Crippen LogP contribution in [0, 0.1) is 23.2 Å². The van der Waals surface area contributed by atoms with Crippen LogP contribution in [0.5, 0.6) is 5.88 Å². The first-order valence-corrected chi connectivity index (χ1v) is 11.0. The van der Waals surface area contributed by atoms with E-state index in [1.165, 1.54) is 19.3 Å². The lowest BCUT2D eigenvalue weighted by atomic mass is 9.49. The number of hydrogen-bond acceptors (Lipinski definition) is 5. The molecule has 0 radical (unpaired) electrons. The van der Waals surface area contributed by atoms with Crippen molar-refractivity contribution in [3.8, 4) is 5.88 Å². The summed E-state index contributed by atoms with van der Waals surface area (Å²) in [6.07, 6.45) is 12.8. The molecule has 4 aliphatic carbocycles. The molecule has 2 heterocycles. The monoisotopic (exact) mass is 384 g/mol. The van der Waals surface area contributed by atoms with Gasteiger partial charge in [0.2, 0.25) is 5.91 Å². The van der Waals surface area contributed by atoms with Gasteiger partial charge < -0.3 is 14.5 Å². The Hall–Kier alpha value is -1.85. The molecule has 152 valence electrons. The summed E-state index contributed by atoms with van der Waals surface area (Å²) < 4.78 is 6.24. The van der Waals surface area contributed by atoms with Crippen LogP contribution in [0.25, 0.3) is 0 Å². The molecule has 5 fully saturated rings. The molecule has 1 aromatic rings. The third-order valence-corrected chi connectivity index (χ3v) is 7.51. The largest absolute Gasteiger partial charge is 0.470 e. The summed E-state index contributed by atoms with van der Waals surface area (Å²) in [4.78, 5) is 26.5. The minimum atomic E-state index is -0.0576. The van der Waals surface area contributed by atoms with E-state index >= 15 is 0 Å². The molecule has 0 aromatic carbocycles. The van der Waals surface area contributed by atoms with Crippen molar-refractivity contribution in [1.29, 1.82) is 0 Å². The third kappa shape index (κ3) is 3.15. The van der Waals surface area contributed by atoms with Crippen LogP contribution in [-0.2, 0) is 4.79 Å². The lowest BCUT2D eigenvalue weighted by molar-refractivity contribution is -0.160. The standard InChI is InChI=1S/C22H32N4O2/c1-25(2)19-20(24-6-5-23-19)28-18-4-3-7-26(14-18)21(27)22-11-15-8-16(12-22)10-17(9-15)13-22/h5-6,15-18H,3-4,7-14H2,1-2H3. The predicted molar refractivity (Wildman–Crippen MR) is 107 cm³/mol. The van der Waals surface area contributed by atoms with E-state index in [4.69, 9.17) is 4.74 Å². The Morgan fingerprint density at radius 2 is 1.75 bits per heavy atom. The molecular formula is C22H32N4O2. The summed E-state index contributed by atoms with van der Waals surface area (Å²) in [5.74, 6) is 4.14. The van der Waals surface area contributed by atoms with E-state index in [1.807, 2.05) is 19.0 Å². The SMILES string of the molecule is CN(C)c1nccnc1OC1CCCN(C(=O)C23CC4CC(CC(C4)C2)C3)C1. The number of ether oxygens (including phenoxy) is 1. The maximum Gasteiger partial charge on any atom is 0.257 e. The van der Waals surface area contributed by atoms with Crippen molar-refractivity contribution in [3.63, 3.8) is 0 Å². The Labute approximate surface area is 167 Å². The Morgan fingerprint density at radius 3 is 2.39 bits per heavy atom. The first-order chi connectivity index (χ1) is 13.5. The van der Waals surface area contributed by atoms with E-state index in [1.54, 1.807) is 12.4 Å². The Bertz CT molecular complexity index is 715. The lowest BCUT2D eigenvalue weighted by Gasteiger charge is -2.57. The molecule has 1 aliphatic heterocycles. The summed E-state index contributed by atoms with van der Waals surface area (Å²) >= 11 is 0. The highest BCUT2D eigenvalue weighted by atomic mass is 16.5. The first-order valence-electron chi connectivity index (χ1n) is 11.0. The molecule has 1 amide bonds. The highest BCUT2D eigenvalue weighted by Gasteiger charge is 2.55. The second-order valence-electron chi connectivity index (χ2n) is 9.91. The van der Waals surface area contributed by atoms with Gasteiger partial charge in [-0.2, -0.15) is 0 Å². The maximum atomic E-state index is 13.7. The molecule has 4 saturated carbocycles. The van der Waals surface area contributed by atoms with Gasteiger partial charge in [0.05, 0.1) is 12.0 Å². The Kier molecular flexibility index (Phi) is 4.48. The van der Waals surface area contributed by atoms with Crippen molar-refractivity contribution in [3.05, 3.63) is 12.4 Å². The van der Waals surface area contributed by atoms with Crippen molar-refractivity contribution < 1.29 is 9.53 Å². The number of carbonyl (C=O) groups excluding carboxylic acids is 1. The molecule has 6 nitrogen and oxygen atoms in total. The second-order valence-corrected chi connectivity index (χ2v) is 9.91. The van der Waals surface area contributed by atoms with Crippen molar-refractivity contribution in [2.75, 3.05) is 32.1 Å². The van der Waals surface area contributed by atoms with Crippen molar-refractivity contribution >= 4 is 11.7 Å². The van der Waals surface area contributed by atoms with E-state index in [0.29, 0.717) is 18.3 Å². The number of rotatable bonds is 4. The Balaban J connectivity index is 1.29. The zero-order valence-corrected chi connectivity index (χ0v) is 17.1. The van der Waals surface area contributed by atoms with Gasteiger partial charge in [-0.25, -0.2) is 9.97 Å². The second kappa shape index (κ2) is 6.89. The smallest absolute Gasteiger partial charge is 0.257 e. The summed E-state index contributed by atoms with van der Waals surface area (Å²) in [5.41, 5.74) is -0.0576. The van der Waals surface area contributed by atoms with Gasteiger partial charge in [-0.1, -0.05) is 0 Å². The average Bonchev–Trinajstić information content (AvgIpc) is 2.67. The van der Waals surface area contributed by atoms with Crippen LogP contribution in [0.1, 0.15) is 51.4 Å². The van der Waals surface area contributed by atoms with E-state index in [9.17, 15) is 4.79 Å². The lowest BCUT2D eigenvalue weighted by Crippen LogP contribution is -2.57. The minimum Gasteiger partial charge on any atom is -0.470 e. The van der Waals surface area contributed by atoms with Crippen molar-refractivity contribution in [2.45, 2.75) is 57.5 Å². The molecule has 6 rings (SSSR count). The molecule has 28 heavy (non-hydrogen) atoms. The van der Waals surface area contributed by atoms with Crippen LogP contribution in [0.3, 0.4) is 0 Å². The first kappa shape index (κ1) is 18.2. The number of aromatic nitrogens is 2. The number of likely N-dealkylation sites (tertiary alicyclic amines) is 1. The number of carbonyl (C=O) groups is 1. The van der Waals surface area contributed by atoms with Crippen LogP contribution < -0.4 is 9.64 Å². The number of hydrogen-bond donors (Lipinski definition) is 0. The van der Waals surface area contributed by atoms with Crippen LogP contribution in [0.15, 0.2) is 12.4 Å². The van der Waals surface area contributed by atoms with Gasteiger partial charge >= 0.3 is 0 Å². The van der Waals surface area contributed by atoms with Gasteiger partial charge in [0.1, 0.15) is 6.10 Å². The molecule has 5 aliphatic rings. The topological polar surface area (TPSA) is 58.6 Å². The molecule has 6 heteroatoms. The van der Waals surface area contributed by atoms with Gasteiger partial charge in [-0.05, 0) is 69.1 Å². The fourth-order valence-electron chi connectivity index (χ4n) is 6.79. The summed E-state index contributed by atoms with van der Waals surface area (Å²) in [6, 6.07) is 0. The van der Waals surface area contributed by atoms with Gasteiger partial charge in [-0.15, -0.1) is 0 Å². The average molecular weight is 385 g/mol. The maximum absolute atomic E-state index is 13.7. The van der Waals surface area contributed by atoms with Crippen LogP contribution in [0.4, 0.5) is 5.82 Å². The quantitative estimate of drug-likeness (QED) is 0.798. The van der Waals surface area contributed by atoms with Crippen molar-refractivity contribution in [2.24, 2.45) is 23.2 Å². The molecule has 0 N–H and O–H groups in total. The normalized spacial score (nSPS) is 36.4. The van der Waals surface area contributed by atoms with Gasteiger partial charge in [0.15, 0.2) is 5.82 Å². The molecule has 1 unspecified atom stereocenters. The van der Waals surface area contributed by atoms with E-state index in [-0.39, 0.29) is 11.5 Å². The fourth-order valence-corrected chi connectivity index (χ4v) is 6.79. The molecule has 0 spiro atoms. The highest BCUT2D eigenvalue weighted by molar-refractivity contribution is 5.83. The van der Waals surface area contributed by atoms with Crippen LogP contribution >= 0.6 is 0 Å². The predicted octanol–water partition coefficient (Wildman–Crippen LogP) is 3.13. The number of anilines is 1. The number of nitrogens with zero attached hydrogens (tertiary/aromatic N) is 4. The zero-order chi connectivity index (χ0) is 19.3. The minimum absolute atomic E-state index is 0.00186. The Morgan fingerprint density at radius 1 is 1.11 bits per heavy atom. The van der Waals surface area contributed by atoms with E-state index in [0.717, 1.165) is 62.2 Å². The highest BCUT2D eigenvalue weighted by Crippen LogP contribution is 2.60. The molecule has 4 bridgehead atoms. The summed E-state index contributed by atoms with van der Waals surface area (Å²) in [5, 5.41) is 0. The van der Waals surface area contributed by atoms with Gasteiger partial charge in [0, 0.05) is 33.0 Å². The fraction of sp³-hybridized carbons (Fsp3) is 0.773. The number of amides is 1. The summed E-state index contributed by atoms with van der Waals surface area (Å²) in [7, 11) is 3.89. The van der Waals surface area contributed by atoms with Crippen LogP contribution in [0.2, 0.25) is 0 Å². The molecule has 1 atom stereocenters. The van der Waals surface area contributed by atoms with Gasteiger partial charge in [0.25, 0.3) is 5.88 Å². The summed E-state index contributed by atoms with van der Waals surface area (Å²) in [6.45, 7) is 1.56. The van der Waals surface area contributed by atoms with E-state index < -0.39 is 0 Å². The molecule has 1 aromatic heterocycles. The number of piperidine rings is 1. The molecular weight excluding hydrogens is 352 g/mol. The zero-order valence-electron chi connectivity index (χ0n) is 17.1. The van der Waals surface area contributed by atoms with Gasteiger partial charge in [-0.3, -0.25) is 4.79 Å². The van der Waals surface area contributed by atoms with E-state index in [2.05, 4.69) is 14.9 Å². The third-order valence-electron chi connectivity index (χ3n) is 7.51.